The molecule has 1 aromatic carbocycles. The minimum absolute atomic E-state index is 0.00209. The van der Waals surface area contributed by atoms with E-state index in [0.29, 0.717) is 24.5 Å². The van der Waals surface area contributed by atoms with Crippen molar-refractivity contribution in [1.29, 1.82) is 0 Å². The number of piperidine rings is 1. The smallest absolute Gasteiger partial charge is 0.303 e. The van der Waals surface area contributed by atoms with E-state index in [2.05, 4.69) is 23.5 Å². The first kappa shape index (κ1) is 22.1. The molecule has 2 unspecified atom stereocenters. The van der Waals surface area contributed by atoms with Crippen molar-refractivity contribution in [3.05, 3.63) is 63.8 Å². The third-order valence-corrected chi connectivity index (χ3v) is 8.07. The molecule has 0 radical (unpaired) electrons. The molecule has 1 fully saturated rings. The number of fused-ring (bicyclic) bond motifs is 2. The summed E-state index contributed by atoms with van der Waals surface area (Å²) in [6.45, 7) is 1.04. The quantitative estimate of drug-likeness (QED) is 0.695. The third-order valence-electron chi connectivity index (χ3n) is 6.53. The van der Waals surface area contributed by atoms with Crippen molar-refractivity contribution in [2.24, 2.45) is 5.92 Å². The zero-order valence-electron chi connectivity index (χ0n) is 17.4. The van der Waals surface area contributed by atoms with E-state index in [4.69, 9.17) is 11.6 Å². The Labute approximate surface area is 188 Å². The summed E-state index contributed by atoms with van der Waals surface area (Å²) in [6.07, 6.45) is 11.4. The first-order valence-electron chi connectivity index (χ1n) is 10.5. The number of carboxylic acids is 1. The Bertz CT molecular complexity index is 1070. The van der Waals surface area contributed by atoms with Crippen LogP contribution >= 0.6 is 11.6 Å². The number of halogens is 1. The van der Waals surface area contributed by atoms with Crippen molar-refractivity contribution in [3.8, 4) is 0 Å². The Hall–Kier alpha value is -2.09. The first-order valence-corrected chi connectivity index (χ1v) is 12.8. The minimum Gasteiger partial charge on any atom is -0.481 e. The lowest BCUT2D eigenvalue weighted by Gasteiger charge is -2.40. The monoisotopic (exact) mass is 462 g/mol. The van der Waals surface area contributed by atoms with Crippen LogP contribution in [0.5, 0.6) is 0 Å². The van der Waals surface area contributed by atoms with E-state index in [0.717, 1.165) is 29.6 Å². The second-order valence-electron chi connectivity index (χ2n) is 8.49. The number of sulfonamides is 1. The van der Waals surface area contributed by atoms with Crippen molar-refractivity contribution >= 4 is 33.7 Å². The Morgan fingerprint density at radius 3 is 2.71 bits per heavy atom. The van der Waals surface area contributed by atoms with Crippen LogP contribution in [0.1, 0.15) is 42.7 Å². The zero-order valence-corrected chi connectivity index (χ0v) is 19.0. The van der Waals surface area contributed by atoms with Crippen molar-refractivity contribution < 1.29 is 18.3 Å². The molecular formula is C23H27ClN2O4S. The molecule has 1 aromatic rings. The molecule has 0 saturated carbocycles. The van der Waals surface area contributed by atoms with Gasteiger partial charge in [0.25, 0.3) is 0 Å². The van der Waals surface area contributed by atoms with Crippen LogP contribution < -0.4 is 5.32 Å². The standard InChI is InChI=1S/C23H27ClN2O4S/c1-31(29,30)26-11-8-15(9-12-26)22-19-6-5-18(24)14-17(19)13-16(4-7-21(27)28)20-3-2-10-25-23(20)22/h2-3,5-6,10,13-15,22-23,25H,4,7-9,11-12H2,1H3,(H,27,28). The highest BCUT2D eigenvalue weighted by atomic mass is 35.5. The van der Waals surface area contributed by atoms with E-state index >= 15 is 0 Å². The summed E-state index contributed by atoms with van der Waals surface area (Å²) in [5, 5.41) is 13.4. The number of nitrogens with one attached hydrogen (secondary N) is 1. The molecule has 31 heavy (non-hydrogen) atoms. The Kier molecular flexibility index (Phi) is 6.28. The van der Waals surface area contributed by atoms with Gasteiger partial charge in [-0.05, 0) is 71.9 Å². The Balaban J connectivity index is 1.73. The molecule has 0 aromatic heterocycles. The Morgan fingerprint density at radius 2 is 2.03 bits per heavy atom. The SMILES string of the molecule is CS(=O)(=O)N1CCC(C2c3ccc(Cl)cc3C=C(CCC(=O)O)C3=CC=CNC32)CC1. The highest BCUT2D eigenvalue weighted by Gasteiger charge is 2.39. The number of benzene rings is 1. The van der Waals surface area contributed by atoms with Gasteiger partial charge in [0.05, 0.1) is 12.3 Å². The number of dihydropyridines is 1. The van der Waals surface area contributed by atoms with Crippen LogP contribution in [0, 0.1) is 5.92 Å². The van der Waals surface area contributed by atoms with Gasteiger partial charge >= 0.3 is 5.97 Å². The summed E-state index contributed by atoms with van der Waals surface area (Å²) >= 11 is 6.32. The fourth-order valence-electron chi connectivity index (χ4n) is 5.08. The molecule has 0 amide bonds. The molecule has 166 valence electrons. The molecule has 0 bridgehead atoms. The van der Waals surface area contributed by atoms with E-state index < -0.39 is 16.0 Å². The summed E-state index contributed by atoms with van der Waals surface area (Å²) in [7, 11) is -3.19. The number of carbonyl (C=O) groups is 1. The molecule has 2 aliphatic heterocycles. The fourth-order valence-corrected chi connectivity index (χ4v) is 6.14. The van der Waals surface area contributed by atoms with E-state index in [1.54, 1.807) is 4.31 Å². The van der Waals surface area contributed by atoms with Crippen molar-refractivity contribution in [1.82, 2.24) is 9.62 Å². The number of allylic oxidation sites excluding steroid dienone is 2. The van der Waals surface area contributed by atoms with Crippen LogP contribution in [0.25, 0.3) is 6.08 Å². The van der Waals surface area contributed by atoms with Crippen molar-refractivity contribution in [3.63, 3.8) is 0 Å². The highest BCUT2D eigenvalue weighted by Crippen LogP contribution is 2.45. The van der Waals surface area contributed by atoms with Gasteiger partial charge in [-0.3, -0.25) is 4.79 Å². The maximum absolute atomic E-state index is 12.0. The maximum Gasteiger partial charge on any atom is 0.303 e. The normalized spacial score (nSPS) is 24.3. The molecule has 0 spiro atoms. The van der Waals surface area contributed by atoms with Gasteiger partial charge in [-0.25, -0.2) is 12.7 Å². The van der Waals surface area contributed by atoms with Gasteiger partial charge in [-0.2, -0.15) is 0 Å². The number of hydrogen-bond acceptors (Lipinski definition) is 4. The fraction of sp³-hybridized carbons (Fsp3) is 0.435. The number of aliphatic carboxylic acids is 1. The summed E-state index contributed by atoms with van der Waals surface area (Å²) in [6, 6.07) is 5.92. The second kappa shape index (κ2) is 8.81. The molecule has 2 N–H and O–H groups in total. The molecule has 2 heterocycles. The van der Waals surface area contributed by atoms with Crippen LogP contribution in [-0.2, 0) is 14.8 Å². The van der Waals surface area contributed by atoms with Crippen molar-refractivity contribution in [2.45, 2.75) is 37.6 Å². The zero-order chi connectivity index (χ0) is 22.2. The van der Waals surface area contributed by atoms with Crippen LogP contribution in [0.2, 0.25) is 5.02 Å². The van der Waals surface area contributed by atoms with Gasteiger partial charge in [-0.1, -0.05) is 29.8 Å². The number of carboxylic acid groups (broad SMARTS) is 1. The molecule has 1 saturated heterocycles. The molecule has 8 heteroatoms. The lowest BCUT2D eigenvalue weighted by Crippen LogP contribution is -2.44. The van der Waals surface area contributed by atoms with Crippen LogP contribution in [-0.4, -0.2) is 49.2 Å². The van der Waals surface area contributed by atoms with Gasteiger partial charge in [0, 0.05) is 30.5 Å². The van der Waals surface area contributed by atoms with E-state index in [9.17, 15) is 18.3 Å². The van der Waals surface area contributed by atoms with Gasteiger partial charge in [0.1, 0.15) is 0 Å². The van der Waals surface area contributed by atoms with Gasteiger partial charge in [0.15, 0.2) is 0 Å². The number of rotatable bonds is 5. The minimum atomic E-state index is -3.19. The van der Waals surface area contributed by atoms with E-state index in [-0.39, 0.29) is 24.3 Å². The van der Waals surface area contributed by atoms with Crippen molar-refractivity contribution in [2.75, 3.05) is 19.3 Å². The maximum atomic E-state index is 12.0. The van der Waals surface area contributed by atoms with E-state index in [1.807, 2.05) is 24.4 Å². The number of hydrogen-bond donors (Lipinski definition) is 2. The lowest BCUT2D eigenvalue weighted by molar-refractivity contribution is -0.136. The van der Waals surface area contributed by atoms with Crippen LogP contribution in [0.15, 0.2) is 47.7 Å². The molecular weight excluding hydrogens is 436 g/mol. The lowest BCUT2D eigenvalue weighted by atomic mass is 9.73. The third kappa shape index (κ3) is 4.73. The topological polar surface area (TPSA) is 86.7 Å². The van der Waals surface area contributed by atoms with Gasteiger partial charge < -0.3 is 10.4 Å². The summed E-state index contributed by atoms with van der Waals surface area (Å²) < 4.78 is 25.5. The average Bonchev–Trinajstić information content (AvgIpc) is 2.86. The molecule has 6 nitrogen and oxygen atoms in total. The van der Waals surface area contributed by atoms with Gasteiger partial charge in [0.2, 0.25) is 10.0 Å². The summed E-state index contributed by atoms with van der Waals surface area (Å²) in [4.78, 5) is 11.3. The predicted molar refractivity (Wildman–Crippen MR) is 122 cm³/mol. The van der Waals surface area contributed by atoms with E-state index in [1.165, 1.54) is 11.8 Å². The summed E-state index contributed by atoms with van der Waals surface area (Å²) in [5.41, 5.74) is 4.29. The number of nitrogens with zero attached hydrogens (tertiary/aromatic N) is 1. The van der Waals surface area contributed by atoms with Crippen LogP contribution in [0.4, 0.5) is 0 Å². The van der Waals surface area contributed by atoms with Crippen LogP contribution in [0.3, 0.4) is 0 Å². The largest absolute Gasteiger partial charge is 0.481 e. The first-order chi connectivity index (χ1) is 14.7. The second-order valence-corrected chi connectivity index (χ2v) is 10.9. The molecule has 4 rings (SSSR count). The summed E-state index contributed by atoms with van der Waals surface area (Å²) in [5.74, 6) is -0.404. The molecule has 2 atom stereocenters. The van der Waals surface area contributed by atoms with Gasteiger partial charge in [-0.15, -0.1) is 0 Å². The highest BCUT2D eigenvalue weighted by molar-refractivity contribution is 7.88. The Morgan fingerprint density at radius 1 is 1.29 bits per heavy atom. The molecule has 3 aliphatic rings. The average molecular weight is 463 g/mol. The molecule has 1 aliphatic carbocycles. The predicted octanol–water partition coefficient (Wildman–Crippen LogP) is 3.77.